The van der Waals surface area contributed by atoms with Gasteiger partial charge >= 0.3 is 0 Å². The third-order valence-electron chi connectivity index (χ3n) is 2.10. The number of benzene rings is 1. The molecule has 0 amide bonds. The Bertz CT molecular complexity index is 296. The molecule has 0 aliphatic carbocycles. The highest BCUT2D eigenvalue weighted by Gasteiger charge is 2.03. The van der Waals surface area contributed by atoms with Crippen molar-refractivity contribution < 1.29 is 0 Å². The molecule has 0 saturated heterocycles. The molecule has 2 heteroatoms. The van der Waals surface area contributed by atoms with Crippen molar-refractivity contribution in [3.63, 3.8) is 0 Å². The number of halogens is 1. The Morgan fingerprint density at radius 3 is 2.93 bits per heavy atom. The molecule has 76 valence electrons. The van der Waals surface area contributed by atoms with Crippen LogP contribution in [0.15, 0.2) is 41.4 Å². The second kappa shape index (κ2) is 5.99. The van der Waals surface area contributed by atoms with Gasteiger partial charge in [-0.3, -0.25) is 0 Å². The molecule has 1 aromatic carbocycles. The number of rotatable bonds is 5. The van der Waals surface area contributed by atoms with Crippen molar-refractivity contribution in [1.29, 1.82) is 0 Å². The monoisotopic (exact) mass is 253 g/mol. The zero-order valence-electron chi connectivity index (χ0n) is 8.46. The molecule has 1 nitrogen and oxygen atoms in total. The maximum Gasteiger partial charge on any atom is 0.0287 e. The molecule has 1 aromatic rings. The predicted molar refractivity (Wildman–Crippen MR) is 65.5 cm³/mol. The fourth-order valence-electron chi connectivity index (χ4n) is 1.42. The lowest BCUT2D eigenvalue weighted by atomic mass is 10.1. The maximum atomic E-state index is 3.82. The van der Waals surface area contributed by atoms with E-state index in [1.807, 2.05) is 12.1 Å². The van der Waals surface area contributed by atoms with E-state index in [0.29, 0.717) is 6.04 Å². The summed E-state index contributed by atoms with van der Waals surface area (Å²) in [4.78, 5) is 0. The minimum Gasteiger partial charge on any atom is -0.310 e. The molecule has 0 fully saturated rings. The van der Waals surface area contributed by atoms with Gasteiger partial charge in [0.2, 0.25) is 0 Å². The van der Waals surface area contributed by atoms with Crippen LogP contribution in [0.2, 0.25) is 0 Å². The van der Waals surface area contributed by atoms with Crippen LogP contribution in [0, 0.1) is 0 Å². The quantitative estimate of drug-likeness (QED) is 0.796. The van der Waals surface area contributed by atoms with Gasteiger partial charge in [-0.1, -0.05) is 41.1 Å². The Morgan fingerprint density at radius 2 is 2.36 bits per heavy atom. The van der Waals surface area contributed by atoms with E-state index in [0.717, 1.165) is 17.4 Å². The first kappa shape index (κ1) is 11.5. The Hall–Kier alpha value is -0.600. The van der Waals surface area contributed by atoms with Crippen molar-refractivity contribution in [1.82, 2.24) is 5.32 Å². The summed E-state index contributed by atoms with van der Waals surface area (Å²) in [7, 11) is 0. The van der Waals surface area contributed by atoms with Gasteiger partial charge in [-0.2, -0.15) is 0 Å². The fourth-order valence-corrected chi connectivity index (χ4v) is 1.87. The minimum absolute atomic E-state index is 0.370. The fraction of sp³-hybridized carbons (Fsp3) is 0.333. The summed E-state index contributed by atoms with van der Waals surface area (Å²) in [6, 6.07) is 8.76. The Balaban J connectivity index is 2.62. The number of likely N-dealkylation sites (N-methyl/N-ethyl adjacent to an activating group) is 1. The first-order chi connectivity index (χ1) is 6.76. The Kier molecular flexibility index (Phi) is 4.91. The van der Waals surface area contributed by atoms with Gasteiger partial charge in [0.05, 0.1) is 0 Å². The molecule has 0 radical (unpaired) electrons. The molecule has 0 spiro atoms. The van der Waals surface area contributed by atoms with Crippen molar-refractivity contribution in [2.75, 3.05) is 6.54 Å². The molecule has 0 bridgehead atoms. The molecule has 14 heavy (non-hydrogen) atoms. The Labute approximate surface area is 94.3 Å². The highest BCUT2D eigenvalue weighted by molar-refractivity contribution is 9.10. The van der Waals surface area contributed by atoms with Crippen molar-refractivity contribution in [2.45, 2.75) is 19.4 Å². The first-order valence-electron chi connectivity index (χ1n) is 4.86. The minimum atomic E-state index is 0.370. The van der Waals surface area contributed by atoms with Gasteiger partial charge in [-0.25, -0.2) is 0 Å². The zero-order chi connectivity index (χ0) is 10.4. The van der Waals surface area contributed by atoms with Crippen LogP contribution in [0.25, 0.3) is 0 Å². The molecule has 0 heterocycles. The summed E-state index contributed by atoms with van der Waals surface area (Å²) >= 11 is 3.47. The molecule has 0 aliphatic heterocycles. The molecule has 1 unspecified atom stereocenters. The summed E-state index contributed by atoms with van der Waals surface area (Å²) in [6.07, 6.45) is 2.96. The van der Waals surface area contributed by atoms with Crippen molar-refractivity contribution in [2.24, 2.45) is 0 Å². The van der Waals surface area contributed by atoms with Crippen molar-refractivity contribution in [3.8, 4) is 0 Å². The molecular formula is C12H16BrN. The average Bonchev–Trinajstić information content (AvgIpc) is 2.17. The first-order valence-corrected chi connectivity index (χ1v) is 5.66. The van der Waals surface area contributed by atoms with Gasteiger partial charge in [0.15, 0.2) is 0 Å². The van der Waals surface area contributed by atoms with Gasteiger partial charge in [0.1, 0.15) is 0 Å². The third kappa shape index (κ3) is 3.64. The number of hydrogen-bond acceptors (Lipinski definition) is 1. The van der Waals surface area contributed by atoms with Crippen LogP contribution in [-0.2, 0) is 6.42 Å². The predicted octanol–water partition coefficient (Wildman–Crippen LogP) is 3.16. The standard InChI is InChI=1S/C12H16BrN/c1-3-12(14-4-2)9-10-6-5-7-11(13)8-10/h3,5-8,12,14H,1,4,9H2,2H3. The van der Waals surface area contributed by atoms with E-state index in [1.54, 1.807) is 0 Å². The van der Waals surface area contributed by atoms with E-state index in [4.69, 9.17) is 0 Å². The number of hydrogen-bond donors (Lipinski definition) is 1. The van der Waals surface area contributed by atoms with Crippen LogP contribution in [0.4, 0.5) is 0 Å². The van der Waals surface area contributed by atoms with Gasteiger partial charge in [-0.05, 0) is 30.7 Å². The van der Waals surface area contributed by atoms with Gasteiger partial charge in [-0.15, -0.1) is 6.58 Å². The molecule has 1 N–H and O–H groups in total. The van der Waals surface area contributed by atoms with E-state index < -0.39 is 0 Å². The van der Waals surface area contributed by atoms with Crippen LogP contribution in [0.3, 0.4) is 0 Å². The van der Waals surface area contributed by atoms with Crippen LogP contribution < -0.4 is 5.32 Å². The van der Waals surface area contributed by atoms with Gasteiger partial charge in [0, 0.05) is 10.5 Å². The molecular weight excluding hydrogens is 238 g/mol. The number of nitrogens with one attached hydrogen (secondary N) is 1. The van der Waals surface area contributed by atoms with Gasteiger partial charge < -0.3 is 5.32 Å². The summed E-state index contributed by atoms with van der Waals surface area (Å²) in [6.45, 7) is 6.91. The smallest absolute Gasteiger partial charge is 0.0287 e. The summed E-state index contributed by atoms with van der Waals surface area (Å²) in [5, 5.41) is 3.37. The SMILES string of the molecule is C=CC(Cc1cccc(Br)c1)NCC. The molecule has 1 atom stereocenters. The third-order valence-corrected chi connectivity index (χ3v) is 2.59. The second-order valence-electron chi connectivity index (χ2n) is 3.23. The normalized spacial score (nSPS) is 12.4. The van der Waals surface area contributed by atoms with E-state index in [-0.39, 0.29) is 0 Å². The van der Waals surface area contributed by atoms with Crippen LogP contribution >= 0.6 is 15.9 Å². The second-order valence-corrected chi connectivity index (χ2v) is 4.15. The van der Waals surface area contributed by atoms with Crippen molar-refractivity contribution >= 4 is 15.9 Å². The van der Waals surface area contributed by atoms with E-state index in [9.17, 15) is 0 Å². The summed E-state index contributed by atoms with van der Waals surface area (Å²) in [5.74, 6) is 0. The molecule has 1 rings (SSSR count). The maximum absolute atomic E-state index is 3.82. The summed E-state index contributed by atoms with van der Waals surface area (Å²) in [5.41, 5.74) is 1.32. The van der Waals surface area contributed by atoms with Crippen LogP contribution in [0.1, 0.15) is 12.5 Å². The summed E-state index contributed by atoms with van der Waals surface area (Å²) < 4.78 is 1.13. The lowest BCUT2D eigenvalue weighted by Crippen LogP contribution is -2.28. The Morgan fingerprint density at radius 1 is 1.57 bits per heavy atom. The van der Waals surface area contributed by atoms with Crippen LogP contribution in [0.5, 0.6) is 0 Å². The molecule has 0 saturated carbocycles. The largest absolute Gasteiger partial charge is 0.310 e. The van der Waals surface area contributed by atoms with E-state index >= 15 is 0 Å². The highest BCUT2D eigenvalue weighted by Crippen LogP contribution is 2.13. The van der Waals surface area contributed by atoms with E-state index in [1.165, 1.54) is 5.56 Å². The van der Waals surface area contributed by atoms with Gasteiger partial charge in [0.25, 0.3) is 0 Å². The highest BCUT2D eigenvalue weighted by atomic mass is 79.9. The lowest BCUT2D eigenvalue weighted by molar-refractivity contribution is 0.613. The zero-order valence-corrected chi connectivity index (χ0v) is 10.0. The van der Waals surface area contributed by atoms with E-state index in [2.05, 4.69) is 52.9 Å². The topological polar surface area (TPSA) is 12.0 Å². The van der Waals surface area contributed by atoms with Crippen molar-refractivity contribution in [3.05, 3.63) is 47.0 Å². The average molecular weight is 254 g/mol. The molecule has 0 aromatic heterocycles. The lowest BCUT2D eigenvalue weighted by Gasteiger charge is -2.13. The van der Waals surface area contributed by atoms with Crippen LogP contribution in [-0.4, -0.2) is 12.6 Å². The molecule has 0 aliphatic rings.